The molecule has 2 aromatic carbocycles. The zero-order valence-electron chi connectivity index (χ0n) is 15.1. The molecule has 1 aliphatic heterocycles. The summed E-state index contributed by atoms with van der Waals surface area (Å²) < 4.78 is 5.54. The van der Waals surface area contributed by atoms with E-state index in [2.05, 4.69) is 17.1 Å². The molecule has 1 heterocycles. The molecule has 5 heteroatoms. The van der Waals surface area contributed by atoms with Gasteiger partial charge in [-0.05, 0) is 61.6 Å². The van der Waals surface area contributed by atoms with Crippen molar-refractivity contribution in [1.29, 1.82) is 0 Å². The Bertz CT molecular complexity index is 740. The monoisotopic (exact) mass is 372 g/mol. The summed E-state index contributed by atoms with van der Waals surface area (Å²) in [7, 11) is 0. The van der Waals surface area contributed by atoms with Crippen LogP contribution in [-0.2, 0) is 11.2 Å². The number of ether oxygens (including phenoxy) is 1. The fraction of sp³-hybridized carbons (Fsp3) is 0.381. The third-order valence-electron chi connectivity index (χ3n) is 4.63. The van der Waals surface area contributed by atoms with Gasteiger partial charge in [0.15, 0.2) is 6.61 Å². The Morgan fingerprint density at radius 1 is 1.12 bits per heavy atom. The molecule has 1 amide bonds. The topological polar surface area (TPSA) is 41.6 Å². The zero-order chi connectivity index (χ0) is 18.4. The van der Waals surface area contributed by atoms with Gasteiger partial charge in [-0.3, -0.25) is 4.79 Å². The fourth-order valence-electron chi connectivity index (χ4n) is 3.14. The molecule has 0 unspecified atom stereocenters. The summed E-state index contributed by atoms with van der Waals surface area (Å²) in [5.41, 5.74) is 2.97. The summed E-state index contributed by atoms with van der Waals surface area (Å²) in [5, 5.41) is 3.51. The number of carbonyl (C=O) groups excluding carboxylic acids is 1. The van der Waals surface area contributed by atoms with E-state index in [4.69, 9.17) is 16.3 Å². The minimum absolute atomic E-state index is 0.0308. The standard InChI is InChI=1S/C21H25ClN2O2/c1-2-16-6-9-18(10-7-16)26-15-21(25)23-17-8-11-20(19(22)14-17)24-12-4-3-5-13-24/h6-11,14H,2-5,12-13,15H2,1H3,(H,23,25). The van der Waals surface area contributed by atoms with Crippen LogP contribution in [0.5, 0.6) is 5.75 Å². The smallest absolute Gasteiger partial charge is 0.262 e. The van der Waals surface area contributed by atoms with Crippen LogP contribution in [0.1, 0.15) is 31.7 Å². The Labute approximate surface area is 160 Å². The normalized spacial score (nSPS) is 14.2. The first-order chi connectivity index (χ1) is 12.7. The average Bonchev–Trinajstić information content (AvgIpc) is 2.67. The third-order valence-corrected chi connectivity index (χ3v) is 4.93. The molecule has 0 spiro atoms. The lowest BCUT2D eigenvalue weighted by atomic mass is 10.1. The molecule has 1 aliphatic rings. The molecule has 3 rings (SSSR count). The lowest BCUT2D eigenvalue weighted by Gasteiger charge is -2.29. The molecule has 0 aliphatic carbocycles. The van der Waals surface area contributed by atoms with Gasteiger partial charge in [0, 0.05) is 18.8 Å². The van der Waals surface area contributed by atoms with Gasteiger partial charge in [0.05, 0.1) is 10.7 Å². The number of carbonyl (C=O) groups is 1. The van der Waals surface area contributed by atoms with Gasteiger partial charge in [0.1, 0.15) is 5.75 Å². The molecule has 0 aromatic heterocycles. The van der Waals surface area contributed by atoms with Crippen molar-refractivity contribution >= 4 is 28.9 Å². The number of anilines is 2. The van der Waals surface area contributed by atoms with E-state index in [1.54, 1.807) is 6.07 Å². The predicted molar refractivity (Wildman–Crippen MR) is 107 cm³/mol. The van der Waals surface area contributed by atoms with Gasteiger partial charge in [-0.15, -0.1) is 0 Å². The van der Waals surface area contributed by atoms with Gasteiger partial charge in [-0.25, -0.2) is 0 Å². The Kier molecular flexibility index (Phi) is 6.40. The highest BCUT2D eigenvalue weighted by atomic mass is 35.5. The van der Waals surface area contributed by atoms with Crippen LogP contribution in [0.25, 0.3) is 0 Å². The molecule has 0 saturated carbocycles. The van der Waals surface area contributed by atoms with Crippen LogP contribution in [0.3, 0.4) is 0 Å². The molecule has 0 atom stereocenters. The van der Waals surface area contributed by atoms with E-state index in [1.807, 2.05) is 36.4 Å². The average molecular weight is 373 g/mol. The number of halogens is 1. The molecule has 2 aromatic rings. The number of piperidine rings is 1. The maximum atomic E-state index is 12.1. The number of hydrogen-bond acceptors (Lipinski definition) is 3. The van der Waals surface area contributed by atoms with E-state index in [9.17, 15) is 4.79 Å². The van der Waals surface area contributed by atoms with Gasteiger partial charge in [-0.2, -0.15) is 0 Å². The van der Waals surface area contributed by atoms with Crippen molar-refractivity contribution in [3.63, 3.8) is 0 Å². The molecule has 1 N–H and O–H groups in total. The number of amides is 1. The highest BCUT2D eigenvalue weighted by molar-refractivity contribution is 6.33. The SMILES string of the molecule is CCc1ccc(OCC(=O)Nc2ccc(N3CCCCC3)c(Cl)c2)cc1. The van der Waals surface area contributed by atoms with Gasteiger partial charge in [-0.1, -0.05) is 30.7 Å². The maximum absolute atomic E-state index is 12.1. The Balaban J connectivity index is 1.54. The van der Waals surface area contributed by atoms with E-state index < -0.39 is 0 Å². The number of aryl methyl sites for hydroxylation is 1. The Morgan fingerprint density at radius 2 is 1.85 bits per heavy atom. The minimum atomic E-state index is -0.202. The second-order valence-electron chi connectivity index (χ2n) is 6.55. The molecular formula is C21H25ClN2O2. The van der Waals surface area contributed by atoms with Gasteiger partial charge in [0.25, 0.3) is 5.91 Å². The number of nitrogens with zero attached hydrogens (tertiary/aromatic N) is 1. The van der Waals surface area contributed by atoms with Crippen LogP contribution >= 0.6 is 11.6 Å². The highest BCUT2D eigenvalue weighted by Gasteiger charge is 2.14. The predicted octanol–water partition coefficient (Wildman–Crippen LogP) is 4.91. The Hall–Kier alpha value is -2.20. The first-order valence-electron chi connectivity index (χ1n) is 9.22. The summed E-state index contributed by atoms with van der Waals surface area (Å²) in [6.07, 6.45) is 4.66. The number of hydrogen-bond donors (Lipinski definition) is 1. The van der Waals surface area contributed by atoms with Crippen LogP contribution in [0, 0.1) is 0 Å². The lowest BCUT2D eigenvalue weighted by molar-refractivity contribution is -0.118. The van der Waals surface area contributed by atoms with E-state index in [-0.39, 0.29) is 12.5 Å². The van der Waals surface area contributed by atoms with Crippen LogP contribution < -0.4 is 15.0 Å². The quantitative estimate of drug-likeness (QED) is 0.783. The number of rotatable bonds is 6. The summed E-state index contributed by atoms with van der Waals surface area (Å²) in [6.45, 7) is 4.15. The van der Waals surface area contributed by atoms with E-state index in [0.717, 1.165) is 25.2 Å². The molecule has 1 saturated heterocycles. The molecule has 0 radical (unpaired) electrons. The van der Waals surface area contributed by atoms with Crippen LogP contribution in [0.2, 0.25) is 5.02 Å². The summed E-state index contributed by atoms with van der Waals surface area (Å²) in [5.74, 6) is 0.488. The first-order valence-corrected chi connectivity index (χ1v) is 9.59. The lowest BCUT2D eigenvalue weighted by Crippen LogP contribution is -2.29. The minimum Gasteiger partial charge on any atom is -0.484 e. The second kappa shape index (κ2) is 8.95. The second-order valence-corrected chi connectivity index (χ2v) is 6.96. The van der Waals surface area contributed by atoms with Crippen molar-refractivity contribution < 1.29 is 9.53 Å². The Morgan fingerprint density at radius 3 is 2.50 bits per heavy atom. The van der Waals surface area contributed by atoms with Crippen LogP contribution in [-0.4, -0.2) is 25.6 Å². The van der Waals surface area contributed by atoms with Gasteiger partial charge >= 0.3 is 0 Å². The van der Waals surface area contributed by atoms with Gasteiger partial charge < -0.3 is 15.0 Å². The summed E-state index contributed by atoms with van der Waals surface area (Å²) in [4.78, 5) is 14.4. The van der Waals surface area contributed by atoms with Gasteiger partial charge in [0.2, 0.25) is 0 Å². The van der Waals surface area contributed by atoms with Crippen molar-refractivity contribution in [2.75, 3.05) is 29.9 Å². The van der Waals surface area contributed by atoms with E-state index in [1.165, 1.54) is 24.8 Å². The summed E-state index contributed by atoms with van der Waals surface area (Å²) >= 11 is 6.42. The zero-order valence-corrected chi connectivity index (χ0v) is 15.9. The van der Waals surface area contributed by atoms with Crippen LogP contribution in [0.4, 0.5) is 11.4 Å². The number of benzene rings is 2. The van der Waals surface area contributed by atoms with Crippen molar-refractivity contribution in [3.8, 4) is 5.75 Å². The van der Waals surface area contributed by atoms with E-state index in [0.29, 0.717) is 16.5 Å². The largest absolute Gasteiger partial charge is 0.484 e. The van der Waals surface area contributed by atoms with Crippen molar-refractivity contribution in [3.05, 3.63) is 53.1 Å². The van der Waals surface area contributed by atoms with Crippen LogP contribution in [0.15, 0.2) is 42.5 Å². The molecule has 1 fully saturated rings. The van der Waals surface area contributed by atoms with E-state index >= 15 is 0 Å². The van der Waals surface area contributed by atoms with Crippen molar-refractivity contribution in [2.24, 2.45) is 0 Å². The molecular weight excluding hydrogens is 348 g/mol. The number of nitrogens with one attached hydrogen (secondary N) is 1. The van der Waals surface area contributed by atoms with Crippen molar-refractivity contribution in [2.45, 2.75) is 32.6 Å². The molecule has 0 bridgehead atoms. The third kappa shape index (κ3) is 4.92. The molecule has 4 nitrogen and oxygen atoms in total. The molecule has 138 valence electrons. The fourth-order valence-corrected chi connectivity index (χ4v) is 3.44. The summed E-state index contributed by atoms with van der Waals surface area (Å²) in [6, 6.07) is 13.5. The van der Waals surface area contributed by atoms with Crippen molar-refractivity contribution in [1.82, 2.24) is 0 Å². The maximum Gasteiger partial charge on any atom is 0.262 e. The molecule has 26 heavy (non-hydrogen) atoms. The first kappa shape index (κ1) is 18.6. The highest BCUT2D eigenvalue weighted by Crippen LogP contribution is 2.30.